The minimum absolute atomic E-state index is 0. The van der Waals surface area contributed by atoms with E-state index in [1.165, 1.54) is 12.5 Å². The van der Waals surface area contributed by atoms with Crippen molar-refractivity contribution in [2.24, 2.45) is 4.99 Å². The molecule has 1 rings (SSSR count). The number of hydrogen-bond donors (Lipinski definition) is 3. The van der Waals surface area contributed by atoms with Gasteiger partial charge in [-0.2, -0.15) is 0 Å². The van der Waals surface area contributed by atoms with Gasteiger partial charge in [0.15, 0.2) is 5.96 Å². The Bertz CT molecular complexity index is 689. The van der Waals surface area contributed by atoms with Crippen LogP contribution in [0.1, 0.15) is 20.3 Å². The van der Waals surface area contributed by atoms with E-state index in [2.05, 4.69) is 25.9 Å². The smallest absolute Gasteiger partial charge is 0.191 e. The van der Waals surface area contributed by atoms with E-state index in [1.54, 1.807) is 6.07 Å². The molecule has 1 aromatic rings. The molecule has 0 aromatic carbocycles. The van der Waals surface area contributed by atoms with Gasteiger partial charge in [0.05, 0.1) is 22.3 Å². The lowest BCUT2D eigenvalue weighted by Crippen LogP contribution is -2.43. The van der Waals surface area contributed by atoms with Crippen LogP contribution in [0.4, 0.5) is 5.82 Å². The second kappa shape index (κ2) is 12.8. The van der Waals surface area contributed by atoms with Gasteiger partial charge in [-0.15, -0.1) is 24.0 Å². The van der Waals surface area contributed by atoms with E-state index in [9.17, 15) is 8.42 Å². The fourth-order valence-electron chi connectivity index (χ4n) is 1.90. The normalized spacial score (nSPS) is 12.9. The molecule has 0 aliphatic rings. The number of aromatic nitrogens is 1. The van der Waals surface area contributed by atoms with Crippen molar-refractivity contribution in [2.75, 3.05) is 37.0 Å². The van der Waals surface area contributed by atoms with Crippen LogP contribution in [0.3, 0.4) is 0 Å². The number of guanidine groups is 1. The van der Waals surface area contributed by atoms with Gasteiger partial charge in [-0.05, 0) is 26.3 Å². The molecule has 0 aliphatic carbocycles. The molecule has 0 saturated carbocycles. The monoisotopic (exact) mass is 537 g/mol. The second-order valence-corrected chi connectivity index (χ2v) is 8.74. The Kier molecular flexibility index (Phi) is 12.5. The fourth-order valence-corrected chi connectivity index (χ4v) is 3.13. The Morgan fingerprint density at radius 1 is 1.38 bits per heavy atom. The maximum Gasteiger partial charge on any atom is 0.191 e. The zero-order valence-corrected chi connectivity index (χ0v) is 19.7. The molecule has 1 aromatic heterocycles. The van der Waals surface area contributed by atoms with Crippen LogP contribution in [0.25, 0.3) is 0 Å². The molecule has 0 aliphatic heterocycles. The van der Waals surface area contributed by atoms with E-state index >= 15 is 0 Å². The van der Waals surface area contributed by atoms with Crippen LogP contribution in [0, 0.1) is 0 Å². The molecular weight excluding hydrogens is 512 g/mol. The van der Waals surface area contributed by atoms with Gasteiger partial charge in [0.2, 0.25) is 0 Å². The van der Waals surface area contributed by atoms with Gasteiger partial charge in [0.1, 0.15) is 15.7 Å². The predicted octanol–water partition coefficient (Wildman–Crippen LogP) is 2.80. The van der Waals surface area contributed by atoms with Crippen molar-refractivity contribution in [3.63, 3.8) is 0 Å². The standard InChI is InChI=1S/C15H25Cl2N5O2S.HI/c1-4-18-15(22-11(2)5-8-25(3,23)24)20-7-6-19-14-13(17)9-12(16)10-21-14;/h9-11H,4-8H2,1-3H3,(H,19,21)(H2,18,20,22);1H. The number of rotatable bonds is 9. The number of halogens is 3. The van der Waals surface area contributed by atoms with Crippen LogP contribution in [-0.4, -0.2) is 57.0 Å². The Labute approximate surface area is 182 Å². The third-order valence-electron chi connectivity index (χ3n) is 3.13. The third kappa shape index (κ3) is 11.2. The lowest BCUT2D eigenvalue weighted by Gasteiger charge is -2.17. The minimum Gasteiger partial charge on any atom is -0.367 e. The van der Waals surface area contributed by atoms with Gasteiger partial charge >= 0.3 is 0 Å². The lowest BCUT2D eigenvalue weighted by molar-refractivity contribution is 0.581. The average molecular weight is 538 g/mol. The van der Waals surface area contributed by atoms with E-state index < -0.39 is 9.84 Å². The van der Waals surface area contributed by atoms with Crippen LogP contribution in [0.2, 0.25) is 10.0 Å². The van der Waals surface area contributed by atoms with E-state index in [-0.39, 0.29) is 35.8 Å². The van der Waals surface area contributed by atoms with Crippen LogP contribution < -0.4 is 16.0 Å². The molecule has 0 bridgehead atoms. The molecule has 1 heterocycles. The zero-order chi connectivity index (χ0) is 18.9. The van der Waals surface area contributed by atoms with Gasteiger partial charge in [-0.25, -0.2) is 13.4 Å². The van der Waals surface area contributed by atoms with Gasteiger partial charge in [-0.3, -0.25) is 4.99 Å². The predicted molar refractivity (Wildman–Crippen MR) is 121 cm³/mol. The zero-order valence-electron chi connectivity index (χ0n) is 15.1. The maximum atomic E-state index is 11.2. The largest absolute Gasteiger partial charge is 0.367 e. The Balaban J connectivity index is 0.00000625. The van der Waals surface area contributed by atoms with Crippen LogP contribution in [0.5, 0.6) is 0 Å². The van der Waals surface area contributed by atoms with Gasteiger partial charge < -0.3 is 16.0 Å². The first kappa shape index (κ1) is 25.5. The third-order valence-corrected chi connectivity index (χ3v) is 4.60. The first-order valence-electron chi connectivity index (χ1n) is 7.98. The SMILES string of the molecule is CCNC(=NCCNc1ncc(Cl)cc1Cl)NC(C)CCS(C)(=O)=O.I. The first-order chi connectivity index (χ1) is 11.7. The summed E-state index contributed by atoms with van der Waals surface area (Å²) in [4.78, 5) is 8.56. The van der Waals surface area contributed by atoms with Crippen molar-refractivity contribution in [3.8, 4) is 0 Å². The van der Waals surface area contributed by atoms with Crippen molar-refractivity contribution in [2.45, 2.75) is 26.3 Å². The van der Waals surface area contributed by atoms with Crippen LogP contribution in [-0.2, 0) is 9.84 Å². The molecule has 11 heteroatoms. The molecule has 3 N–H and O–H groups in total. The number of aliphatic imine (C=N–C) groups is 1. The van der Waals surface area contributed by atoms with Crippen LogP contribution in [0.15, 0.2) is 17.3 Å². The minimum atomic E-state index is -2.97. The van der Waals surface area contributed by atoms with E-state index in [1.807, 2.05) is 13.8 Å². The highest BCUT2D eigenvalue weighted by molar-refractivity contribution is 14.0. The number of sulfone groups is 1. The Morgan fingerprint density at radius 3 is 2.65 bits per heavy atom. The summed E-state index contributed by atoms with van der Waals surface area (Å²) in [7, 11) is -2.97. The van der Waals surface area contributed by atoms with Crippen molar-refractivity contribution >= 4 is 68.8 Å². The van der Waals surface area contributed by atoms with Gasteiger partial charge in [0, 0.05) is 31.6 Å². The van der Waals surface area contributed by atoms with Crippen molar-refractivity contribution in [1.82, 2.24) is 15.6 Å². The van der Waals surface area contributed by atoms with E-state index in [0.29, 0.717) is 47.9 Å². The molecule has 7 nitrogen and oxygen atoms in total. The van der Waals surface area contributed by atoms with Gasteiger partial charge in [-0.1, -0.05) is 23.2 Å². The number of anilines is 1. The average Bonchev–Trinajstić information content (AvgIpc) is 2.50. The number of nitrogens with zero attached hydrogens (tertiary/aromatic N) is 2. The summed E-state index contributed by atoms with van der Waals surface area (Å²) < 4.78 is 22.5. The summed E-state index contributed by atoms with van der Waals surface area (Å²) >= 11 is 11.8. The molecule has 0 fully saturated rings. The molecular formula is C15H26Cl2IN5O2S. The fraction of sp³-hybridized carbons (Fsp3) is 0.600. The Morgan fingerprint density at radius 2 is 2.08 bits per heavy atom. The number of hydrogen-bond acceptors (Lipinski definition) is 5. The maximum absolute atomic E-state index is 11.2. The van der Waals surface area contributed by atoms with Gasteiger partial charge in [0.25, 0.3) is 0 Å². The molecule has 0 spiro atoms. The van der Waals surface area contributed by atoms with E-state index in [4.69, 9.17) is 23.2 Å². The molecule has 0 saturated heterocycles. The van der Waals surface area contributed by atoms with E-state index in [0.717, 1.165) is 0 Å². The molecule has 0 radical (unpaired) electrons. The topological polar surface area (TPSA) is 95.5 Å². The number of pyridine rings is 1. The highest BCUT2D eigenvalue weighted by Crippen LogP contribution is 2.22. The Hall–Kier alpha value is -0.520. The summed E-state index contributed by atoms with van der Waals surface area (Å²) in [5.74, 6) is 1.34. The highest BCUT2D eigenvalue weighted by atomic mass is 127. The summed E-state index contributed by atoms with van der Waals surface area (Å²) in [6.07, 6.45) is 3.28. The molecule has 150 valence electrons. The molecule has 1 atom stereocenters. The lowest BCUT2D eigenvalue weighted by atomic mass is 10.3. The van der Waals surface area contributed by atoms with Crippen molar-refractivity contribution in [3.05, 3.63) is 22.3 Å². The molecule has 26 heavy (non-hydrogen) atoms. The summed E-state index contributed by atoms with van der Waals surface area (Å²) in [5.41, 5.74) is 0. The summed E-state index contributed by atoms with van der Waals surface area (Å²) in [5, 5.41) is 10.4. The first-order valence-corrected chi connectivity index (χ1v) is 10.8. The highest BCUT2D eigenvalue weighted by Gasteiger charge is 2.09. The molecule has 0 amide bonds. The quantitative estimate of drug-likeness (QED) is 0.194. The molecule has 1 unspecified atom stereocenters. The number of nitrogens with one attached hydrogen (secondary N) is 3. The summed E-state index contributed by atoms with van der Waals surface area (Å²) in [6.45, 7) is 5.64. The van der Waals surface area contributed by atoms with Crippen LogP contribution >= 0.6 is 47.2 Å². The van der Waals surface area contributed by atoms with Crippen molar-refractivity contribution < 1.29 is 8.42 Å². The summed E-state index contributed by atoms with van der Waals surface area (Å²) in [6, 6.07) is 1.62. The second-order valence-electron chi connectivity index (χ2n) is 5.64. The van der Waals surface area contributed by atoms with Crippen molar-refractivity contribution in [1.29, 1.82) is 0 Å².